The molecule has 9 heteroatoms. The summed E-state index contributed by atoms with van der Waals surface area (Å²) in [6, 6.07) is 2.37. The van der Waals surface area contributed by atoms with E-state index in [0.29, 0.717) is 42.6 Å². The van der Waals surface area contributed by atoms with Crippen LogP contribution < -0.4 is 5.32 Å². The van der Waals surface area contributed by atoms with Gasteiger partial charge in [-0.15, -0.1) is 0 Å². The summed E-state index contributed by atoms with van der Waals surface area (Å²) >= 11 is 0. The van der Waals surface area contributed by atoms with Crippen LogP contribution in [-0.2, 0) is 0 Å². The molecule has 1 unspecified atom stereocenters. The van der Waals surface area contributed by atoms with Crippen LogP contribution in [-0.4, -0.2) is 65.9 Å². The molecule has 0 bridgehead atoms. The second kappa shape index (κ2) is 10.9. The van der Waals surface area contributed by atoms with Crippen LogP contribution in [0.15, 0.2) is 30.9 Å². The summed E-state index contributed by atoms with van der Waals surface area (Å²) < 4.78 is 2.34. The summed E-state index contributed by atoms with van der Waals surface area (Å²) in [5.41, 5.74) is 2.85. The fourth-order valence-electron chi connectivity index (χ4n) is 5.78. The Morgan fingerprint density at radius 3 is 2.61 bits per heavy atom. The van der Waals surface area contributed by atoms with Crippen LogP contribution in [0.25, 0.3) is 11.0 Å². The molecule has 2 fully saturated rings. The van der Waals surface area contributed by atoms with Crippen molar-refractivity contribution in [2.24, 2.45) is 0 Å². The van der Waals surface area contributed by atoms with Crippen molar-refractivity contribution in [1.82, 2.24) is 29.6 Å². The van der Waals surface area contributed by atoms with Gasteiger partial charge in [-0.05, 0) is 69.4 Å². The van der Waals surface area contributed by atoms with E-state index in [4.69, 9.17) is 4.98 Å². The summed E-state index contributed by atoms with van der Waals surface area (Å²) in [6.07, 6.45) is 14.7. The number of nitrogens with one attached hydrogen (secondary N) is 1. The maximum atomic E-state index is 12.9. The Morgan fingerprint density at radius 2 is 1.92 bits per heavy atom. The van der Waals surface area contributed by atoms with Crippen LogP contribution in [0.4, 0.5) is 5.95 Å². The summed E-state index contributed by atoms with van der Waals surface area (Å²) in [5, 5.41) is 22.3. The van der Waals surface area contributed by atoms with Crippen molar-refractivity contribution in [1.29, 1.82) is 0 Å². The number of fused-ring (bicyclic) bond motifs is 1. The van der Waals surface area contributed by atoms with Gasteiger partial charge in [-0.25, -0.2) is 4.98 Å². The molecule has 0 radical (unpaired) electrons. The molecule has 2 aliphatic rings. The van der Waals surface area contributed by atoms with Gasteiger partial charge in [0.15, 0.2) is 0 Å². The van der Waals surface area contributed by atoms with Crippen LogP contribution in [0.2, 0.25) is 0 Å². The first-order chi connectivity index (χ1) is 17.5. The number of rotatable bonds is 7. The molecule has 192 valence electrons. The average Bonchev–Trinajstić information content (AvgIpc) is 3.28. The minimum atomic E-state index is -0.193. The molecule has 0 aromatic carbocycles. The Bertz CT molecular complexity index is 1170. The Hall–Kier alpha value is -3.07. The van der Waals surface area contributed by atoms with Crippen molar-refractivity contribution in [3.63, 3.8) is 0 Å². The number of nitrogens with zero attached hydrogens (tertiary/aromatic N) is 6. The van der Waals surface area contributed by atoms with Gasteiger partial charge in [-0.2, -0.15) is 15.2 Å². The zero-order chi connectivity index (χ0) is 25.1. The van der Waals surface area contributed by atoms with E-state index in [0.717, 1.165) is 62.4 Å². The van der Waals surface area contributed by atoms with Gasteiger partial charge in [0.05, 0.1) is 24.1 Å². The molecule has 2 N–H and O–H groups in total. The predicted octanol–water partition coefficient (Wildman–Crippen LogP) is 4.32. The number of aromatic nitrogens is 5. The number of carbonyl (C=O) groups is 1. The maximum absolute atomic E-state index is 12.9. The van der Waals surface area contributed by atoms with E-state index in [1.54, 1.807) is 12.3 Å². The Kier molecular flexibility index (Phi) is 7.46. The molecule has 1 saturated heterocycles. The van der Waals surface area contributed by atoms with Crippen molar-refractivity contribution in [3.05, 3.63) is 42.0 Å². The van der Waals surface area contributed by atoms with Crippen LogP contribution >= 0.6 is 0 Å². The van der Waals surface area contributed by atoms with Crippen LogP contribution in [0.3, 0.4) is 0 Å². The smallest absolute Gasteiger partial charge is 0.255 e. The number of hydrogen-bond donors (Lipinski definition) is 2. The number of likely N-dealkylation sites (tertiary alicyclic amines) is 1. The van der Waals surface area contributed by atoms with Gasteiger partial charge in [0, 0.05) is 43.0 Å². The molecule has 4 heterocycles. The van der Waals surface area contributed by atoms with E-state index < -0.39 is 0 Å². The van der Waals surface area contributed by atoms with Crippen molar-refractivity contribution in [2.45, 2.75) is 89.3 Å². The largest absolute Gasteiger partial charge is 0.393 e. The van der Waals surface area contributed by atoms with Gasteiger partial charge >= 0.3 is 0 Å². The van der Waals surface area contributed by atoms with Crippen LogP contribution in [0, 0.1) is 0 Å². The third kappa shape index (κ3) is 5.21. The Morgan fingerprint density at radius 1 is 1.14 bits per heavy atom. The highest BCUT2D eigenvalue weighted by Gasteiger charge is 2.29. The molecule has 36 heavy (non-hydrogen) atoms. The van der Waals surface area contributed by atoms with E-state index >= 15 is 0 Å². The minimum absolute atomic E-state index is 0.0202. The zero-order valence-electron chi connectivity index (χ0n) is 21.3. The summed E-state index contributed by atoms with van der Waals surface area (Å²) in [7, 11) is 0. The van der Waals surface area contributed by atoms with Gasteiger partial charge in [-0.3, -0.25) is 4.79 Å². The van der Waals surface area contributed by atoms with Crippen molar-refractivity contribution < 1.29 is 9.90 Å². The number of amides is 1. The number of hydrogen-bond acceptors (Lipinski definition) is 7. The zero-order valence-corrected chi connectivity index (χ0v) is 21.3. The van der Waals surface area contributed by atoms with E-state index in [-0.39, 0.29) is 12.0 Å². The summed E-state index contributed by atoms with van der Waals surface area (Å²) in [5.74, 6) is 1.05. The highest BCUT2D eigenvalue weighted by atomic mass is 16.3. The second-order valence-electron chi connectivity index (χ2n) is 10.4. The lowest BCUT2D eigenvalue weighted by molar-refractivity contribution is 0.0712. The lowest BCUT2D eigenvalue weighted by Gasteiger charge is -2.32. The molecule has 1 saturated carbocycles. The molecule has 1 aliphatic heterocycles. The molecular weight excluding hydrogens is 454 g/mol. The Labute approximate surface area is 212 Å². The van der Waals surface area contributed by atoms with E-state index in [1.165, 1.54) is 11.8 Å². The van der Waals surface area contributed by atoms with Gasteiger partial charge in [-0.1, -0.05) is 13.3 Å². The molecular formula is C27H37N7O2. The van der Waals surface area contributed by atoms with E-state index in [2.05, 4.69) is 45.1 Å². The molecule has 1 aliphatic carbocycles. The van der Waals surface area contributed by atoms with E-state index in [1.807, 2.05) is 11.1 Å². The summed E-state index contributed by atoms with van der Waals surface area (Å²) in [4.78, 5) is 24.5. The fraction of sp³-hybridized carbons (Fsp3) is 0.593. The first-order valence-corrected chi connectivity index (χ1v) is 13.4. The first kappa shape index (κ1) is 24.6. The molecule has 3 aromatic heterocycles. The predicted molar refractivity (Wildman–Crippen MR) is 139 cm³/mol. The van der Waals surface area contributed by atoms with E-state index in [9.17, 15) is 9.90 Å². The quantitative estimate of drug-likeness (QED) is 0.507. The number of carbonyl (C=O) groups excluding carboxylic acids is 1. The molecule has 5 rings (SSSR count). The standard InChI is InChI=1S/C27H37N7O2/c1-3-4-18(2)31-27-28-16-23-24(17-34(25(23)32-27)21-5-7-22(35)8-6-21)19-10-13-33(14-11-19)26(36)20-9-12-29-30-15-20/h9,12,15-19,21-22,35H,3-8,10-11,13-14H2,1-2H3,(H,28,31,32). The topological polar surface area (TPSA) is 109 Å². The Balaban J connectivity index is 1.39. The molecule has 1 amide bonds. The summed E-state index contributed by atoms with van der Waals surface area (Å²) in [6.45, 7) is 5.78. The van der Waals surface area contributed by atoms with Crippen LogP contribution in [0.5, 0.6) is 0 Å². The highest BCUT2D eigenvalue weighted by molar-refractivity contribution is 5.93. The number of aliphatic hydroxyl groups is 1. The lowest BCUT2D eigenvalue weighted by atomic mass is 9.89. The van der Waals surface area contributed by atoms with Gasteiger partial charge in [0.1, 0.15) is 5.65 Å². The molecule has 1 atom stereocenters. The average molecular weight is 492 g/mol. The second-order valence-corrected chi connectivity index (χ2v) is 10.4. The minimum Gasteiger partial charge on any atom is -0.393 e. The van der Waals surface area contributed by atoms with Crippen LogP contribution in [0.1, 0.15) is 93.1 Å². The van der Waals surface area contributed by atoms with Gasteiger partial charge < -0.3 is 19.9 Å². The lowest BCUT2D eigenvalue weighted by Crippen LogP contribution is -2.38. The fourth-order valence-corrected chi connectivity index (χ4v) is 5.78. The SMILES string of the molecule is CCCC(C)Nc1ncc2c(C3CCN(C(=O)c4ccnnc4)CC3)cn(C3CCC(O)CC3)c2n1. The number of piperidine rings is 1. The van der Waals surface area contributed by atoms with Crippen molar-refractivity contribution in [2.75, 3.05) is 18.4 Å². The van der Waals surface area contributed by atoms with Crippen molar-refractivity contribution in [3.8, 4) is 0 Å². The highest BCUT2D eigenvalue weighted by Crippen LogP contribution is 2.38. The van der Waals surface area contributed by atoms with Crippen molar-refractivity contribution >= 4 is 22.9 Å². The van der Waals surface area contributed by atoms with Gasteiger partial charge in [0.2, 0.25) is 5.95 Å². The molecule has 0 spiro atoms. The molecule has 3 aromatic rings. The maximum Gasteiger partial charge on any atom is 0.255 e. The first-order valence-electron chi connectivity index (χ1n) is 13.4. The molecule has 9 nitrogen and oxygen atoms in total. The third-order valence-electron chi connectivity index (χ3n) is 7.81. The van der Waals surface area contributed by atoms with Gasteiger partial charge in [0.25, 0.3) is 5.91 Å². The third-order valence-corrected chi connectivity index (χ3v) is 7.81. The monoisotopic (exact) mass is 491 g/mol. The number of anilines is 1. The normalized spacial score (nSPS) is 22.0. The number of aliphatic hydroxyl groups excluding tert-OH is 1.